The maximum atomic E-state index is 12.8. The average Bonchev–Trinajstić information content (AvgIpc) is 2.57. The predicted molar refractivity (Wildman–Crippen MR) is 89.4 cm³/mol. The Hall–Kier alpha value is -3.29. The lowest BCUT2D eigenvalue weighted by Crippen LogP contribution is -2.45. The Labute approximate surface area is 138 Å². The van der Waals surface area contributed by atoms with E-state index in [-0.39, 0.29) is 17.4 Å². The van der Waals surface area contributed by atoms with E-state index in [1.807, 2.05) is 0 Å². The van der Waals surface area contributed by atoms with Crippen molar-refractivity contribution in [3.63, 3.8) is 0 Å². The first-order valence-corrected chi connectivity index (χ1v) is 7.13. The lowest BCUT2D eigenvalue weighted by molar-refractivity contribution is -0.119. The number of carbonyl (C=O) groups is 2. The Balaban J connectivity index is 2.52. The number of pyridine rings is 1. The number of methoxy groups -OCH3 is 1. The molecule has 0 fully saturated rings. The molecule has 8 nitrogen and oxygen atoms in total. The van der Waals surface area contributed by atoms with E-state index in [9.17, 15) is 9.59 Å². The highest BCUT2D eigenvalue weighted by Crippen LogP contribution is 2.31. The average molecular weight is 330 g/mol. The van der Waals surface area contributed by atoms with Crippen LogP contribution in [0.25, 0.3) is 0 Å². The molecule has 1 aromatic carbocycles. The zero-order valence-corrected chi connectivity index (χ0v) is 13.3. The molecule has 0 aliphatic heterocycles. The summed E-state index contributed by atoms with van der Waals surface area (Å²) < 4.78 is 5.09. The Morgan fingerprint density at radius 1 is 1.25 bits per heavy atom. The van der Waals surface area contributed by atoms with Gasteiger partial charge in [0.25, 0.3) is 5.91 Å². The molecule has 0 spiro atoms. The maximum absolute atomic E-state index is 12.8. The summed E-state index contributed by atoms with van der Waals surface area (Å²) in [5.74, 6) is -0.0626. The van der Waals surface area contributed by atoms with E-state index < -0.39 is 18.0 Å². The number of hydrogen-bond donors (Lipinski definition) is 3. The van der Waals surface area contributed by atoms with Crippen molar-refractivity contribution >= 4 is 29.2 Å². The van der Waals surface area contributed by atoms with Crippen LogP contribution in [0.5, 0.6) is 5.88 Å². The van der Waals surface area contributed by atoms with Crippen LogP contribution >= 0.6 is 0 Å². The molecule has 2 amide bonds. The lowest BCUT2D eigenvalue weighted by Gasteiger charge is -2.26. The number of carbonyl (C=O) groups excluding carboxylic acids is 1. The molecule has 1 heterocycles. The van der Waals surface area contributed by atoms with Gasteiger partial charge < -0.3 is 20.9 Å². The van der Waals surface area contributed by atoms with Gasteiger partial charge in [-0.15, -0.1) is 0 Å². The smallest absolute Gasteiger partial charge is 0.405 e. The second kappa shape index (κ2) is 7.32. The van der Waals surface area contributed by atoms with E-state index in [4.69, 9.17) is 15.6 Å². The zero-order valence-electron chi connectivity index (χ0n) is 13.3. The van der Waals surface area contributed by atoms with Gasteiger partial charge in [0.2, 0.25) is 5.88 Å². The molecule has 126 valence electrons. The molecule has 0 saturated heterocycles. The maximum Gasteiger partial charge on any atom is 0.405 e. The molecule has 0 aliphatic carbocycles. The van der Waals surface area contributed by atoms with Gasteiger partial charge in [0.15, 0.2) is 5.82 Å². The highest BCUT2D eigenvalue weighted by molar-refractivity contribution is 6.05. The fourth-order valence-electron chi connectivity index (χ4n) is 2.11. The number of amides is 2. The number of carboxylic acid groups (broad SMARTS) is 1. The van der Waals surface area contributed by atoms with E-state index >= 15 is 0 Å². The fourth-order valence-corrected chi connectivity index (χ4v) is 2.11. The Morgan fingerprint density at radius 3 is 2.50 bits per heavy atom. The first kappa shape index (κ1) is 17.1. The number of hydrogen-bond acceptors (Lipinski definition) is 5. The molecule has 0 aliphatic rings. The Morgan fingerprint density at radius 2 is 1.92 bits per heavy atom. The van der Waals surface area contributed by atoms with Gasteiger partial charge in [0.1, 0.15) is 6.04 Å². The van der Waals surface area contributed by atoms with Crippen molar-refractivity contribution in [2.75, 3.05) is 17.7 Å². The van der Waals surface area contributed by atoms with Gasteiger partial charge in [-0.05, 0) is 25.1 Å². The molecule has 2 rings (SSSR count). The van der Waals surface area contributed by atoms with Gasteiger partial charge in [0.05, 0.1) is 18.5 Å². The zero-order chi connectivity index (χ0) is 17.7. The third kappa shape index (κ3) is 3.72. The van der Waals surface area contributed by atoms with Crippen molar-refractivity contribution in [3.8, 4) is 5.88 Å². The molecule has 0 radical (unpaired) electrons. The van der Waals surface area contributed by atoms with Gasteiger partial charge in [-0.25, -0.2) is 4.79 Å². The van der Waals surface area contributed by atoms with E-state index in [1.165, 1.54) is 18.9 Å². The standard InChI is InChI=1S/C16H18N4O4/c1-10(18-16(22)23)15(21)20(11-6-4-3-5-7-11)14-12(17)8-9-13(19-14)24-2/h3-10,18H,17H2,1-2H3,(H,22,23). The lowest BCUT2D eigenvalue weighted by atomic mass is 10.2. The number of anilines is 3. The van der Waals surface area contributed by atoms with Crippen molar-refractivity contribution in [2.24, 2.45) is 0 Å². The number of aromatic nitrogens is 1. The number of nitrogens with two attached hydrogens (primary N) is 1. The van der Waals surface area contributed by atoms with Gasteiger partial charge in [0, 0.05) is 6.07 Å². The third-order valence-corrected chi connectivity index (χ3v) is 3.25. The van der Waals surface area contributed by atoms with Crippen molar-refractivity contribution in [2.45, 2.75) is 13.0 Å². The molecule has 1 atom stereocenters. The number of nitrogens with zero attached hydrogens (tertiary/aromatic N) is 2. The number of nitrogen functional groups attached to an aromatic ring is 1. The minimum atomic E-state index is -1.30. The van der Waals surface area contributed by atoms with E-state index in [2.05, 4.69) is 10.3 Å². The van der Waals surface area contributed by atoms with Crippen molar-refractivity contribution < 1.29 is 19.4 Å². The van der Waals surface area contributed by atoms with Crippen LogP contribution in [-0.4, -0.2) is 35.2 Å². The molecule has 1 aromatic heterocycles. The van der Waals surface area contributed by atoms with Gasteiger partial charge in [-0.1, -0.05) is 18.2 Å². The first-order valence-electron chi connectivity index (χ1n) is 7.13. The Bertz CT molecular complexity index is 736. The Kier molecular flexibility index (Phi) is 5.20. The minimum absolute atomic E-state index is 0.171. The molecule has 2 aromatic rings. The summed E-state index contributed by atoms with van der Waals surface area (Å²) >= 11 is 0. The summed E-state index contributed by atoms with van der Waals surface area (Å²) in [4.78, 5) is 29.1. The van der Waals surface area contributed by atoms with Crippen LogP contribution in [0.2, 0.25) is 0 Å². The third-order valence-electron chi connectivity index (χ3n) is 3.25. The molecular weight excluding hydrogens is 312 g/mol. The largest absolute Gasteiger partial charge is 0.481 e. The topological polar surface area (TPSA) is 118 Å². The summed E-state index contributed by atoms with van der Waals surface area (Å²) in [5.41, 5.74) is 6.74. The molecule has 0 saturated carbocycles. The van der Waals surface area contributed by atoms with Gasteiger partial charge in [-0.3, -0.25) is 9.69 Å². The van der Waals surface area contributed by atoms with Crippen LogP contribution in [-0.2, 0) is 4.79 Å². The van der Waals surface area contributed by atoms with Gasteiger partial charge in [-0.2, -0.15) is 4.98 Å². The normalized spacial score (nSPS) is 11.4. The van der Waals surface area contributed by atoms with Crippen LogP contribution in [0.1, 0.15) is 6.92 Å². The summed E-state index contributed by atoms with van der Waals surface area (Å²) in [6.07, 6.45) is -1.30. The summed E-state index contributed by atoms with van der Waals surface area (Å²) in [6, 6.07) is 10.9. The summed E-state index contributed by atoms with van der Waals surface area (Å²) in [6.45, 7) is 1.45. The van der Waals surface area contributed by atoms with Crippen molar-refractivity contribution in [1.29, 1.82) is 0 Å². The fraction of sp³-hybridized carbons (Fsp3) is 0.188. The van der Waals surface area contributed by atoms with Crippen LogP contribution in [0.4, 0.5) is 22.0 Å². The predicted octanol–water partition coefficient (Wildman–Crippen LogP) is 1.99. The van der Waals surface area contributed by atoms with Crippen LogP contribution in [0.3, 0.4) is 0 Å². The summed E-state index contributed by atoms with van der Waals surface area (Å²) in [7, 11) is 1.45. The molecule has 24 heavy (non-hydrogen) atoms. The van der Waals surface area contributed by atoms with Crippen molar-refractivity contribution in [3.05, 3.63) is 42.5 Å². The van der Waals surface area contributed by atoms with E-state index in [1.54, 1.807) is 42.5 Å². The first-order chi connectivity index (χ1) is 11.4. The second-order valence-electron chi connectivity index (χ2n) is 4.95. The van der Waals surface area contributed by atoms with Crippen LogP contribution in [0, 0.1) is 0 Å². The number of para-hydroxylation sites is 1. The second-order valence-corrected chi connectivity index (χ2v) is 4.95. The highest BCUT2D eigenvalue weighted by Gasteiger charge is 2.27. The monoisotopic (exact) mass is 330 g/mol. The number of benzene rings is 1. The highest BCUT2D eigenvalue weighted by atomic mass is 16.5. The molecular formula is C16H18N4O4. The number of rotatable bonds is 5. The summed E-state index contributed by atoms with van der Waals surface area (Å²) in [5, 5.41) is 11.0. The SMILES string of the molecule is COc1ccc(N)c(N(C(=O)C(C)NC(=O)O)c2ccccc2)n1. The van der Waals surface area contributed by atoms with Crippen LogP contribution < -0.4 is 20.7 Å². The van der Waals surface area contributed by atoms with E-state index in [0.717, 1.165) is 0 Å². The minimum Gasteiger partial charge on any atom is -0.481 e. The molecule has 0 bridgehead atoms. The van der Waals surface area contributed by atoms with Crippen LogP contribution in [0.15, 0.2) is 42.5 Å². The number of nitrogens with one attached hydrogen (secondary N) is 1. The molecule has 1 unspecified atom stereocenters. The number of ether oxygens (including phenoxy) is 1. The van der Waals surface area contributed by atoms with Crippen molar-refractivity contribution in [1.82, 2.24) is 10.3 Å². The van der Waals surface area contributed by atoms with E-state index in [0.29, 0.717) is 5.69 Å². The quantitative estimate of drug-likeness (QED) is 0.771. The van der Waals surface area contributed by atoms with Gasteiger partial charge >= 0.3 is 6.09 Å². The molecule has 4 N–H and O–H groups in total. The molecule has 8 heteroatoms.